The molecule has 5 nitrogen and oxygen atoms in total. The van der Waals surface area contributed by atoms with E-state index in [0.717, 1.165) is 37.9 Å². The molecule has 0 fully saturated rings. The smallest absolute Gasteiger partial charge is 0.242 e. The van der Waals surface area contributed by atoms with Crippen LogP contribution in [0.4, 0.5) is 0 Å². The van der Waals surface area contributed by atoms with Crippen molar-refractivity contribution in [3.8, 4) is 0 Å². The highest BCUT2D eigenvalue weighted by atomic mass is 16.2. The Labute approximate surface area is 188 Å². The molecular formula is C26H39N3O2. The number of carbonyl (C=O) groups excluding carboxylic acids is 2. The lowest BCUT2D eigenvalue weighted by Crippen LogP contribution is -2.43. The maximum atomic E-state index is 13.2. The average molecular weight is 426 g/mol. The van der Waals surface area contributed by atoms with Gasteiger partial charge in [0, 0.05) is 37.9 Å². The monoisotopic (exact) mass is 425 g/mol. The Morgan fingerprint density at radius 3 is 2.26 bits per heavy atom. The first kappa shape index (κ1) is 24.7. The second kappa shape index (κ2) is 13.0. The molecule has 31 heavy (non-hydrogen) atoms. The first-order valence-electron chi connectivity index (χ1n) is 11.7. The van der Waals surface area contributed by atoms with Gasteiger partial charge in [-0.2, -0.15) is 0 Å². The van der Waals surface area contributed by atoms with Gasteiger partial charge in [0.1, 0.15) is 0 Å². The third-order valence-corrected chi connectivity index (χ3v) is 5.61. The van der Waals surface area contributed by atoms with Crippen molar-refractivity contribution in [1.82, 2.24) is 14.4 Å². The number of amides is 2. The van der Waals surface area contributed by atoms with Gasteiger partial charge in [-0.1, -0.05) is 63.4 Å². The van der Waals surface area contributed by atoms with E-state index in [-0.39, 0.29) is 18.4 Å². The molecule has 0 radical (unpaired) electrons. The van der Waals surface area contributed by atoms with Crippen LogP contribution in [-0.4, -0.2) is 45.8 Å². The zero-order valence-electron chi connectivity index (χ0n) is 19.8. The molecule has 0 N–H and O–H groups in total. The zero-order valence-corrected chi connectivity index (χ0v) is 19.8. The van der Waals surface area contributed by atoms with Gasteiger partial charge < -0.3 is 14.4 Å². The van der Waals surface area contributed by atoms with E-state index in [0.29, 0.717) is 26.1 Å². The highest BCUT2D eigenvalue weighted by Gasteiger charge is 2.21. The van der Waals surface area contributed by atoms with Crippen molar-refractivity contribution in [3.63, 3.8) is 0 Å². The Hall–Kier alpha value is -2.56. The molecule has 2 rings (SSSR count). The van der Waals surface area contributed by atoms with Crippen LogP contribution in [0.25, 0.3) is 0 Å². The molecule has 1 aromatic heterocycles. The predicted octanol–water partition coefficient (Wildman–Crippen LogP) is 5.01. The van der Waals surface area contributed by atoms with Crippen molar-refractivity contribution < 1.29 is 9.59 Å². The molecule has 0 aliphatic rings. The molecule has 170 valence electrons. The average Bonchev–Trinajstić information content (AvgIpc) is 3.19. The summed E-state index contributed by atoms with van der Waals surface area (Å²) in [4.78, 5) is 29.2. The van der Waals surface area contributed by atoms with Crippen molar-refractivity contribution in [1.29, 1.82) is 0 Å². The Morgan fingerprint density at radius 1 is 0.903 bits per heavy atom. The summed E-state index contributed by atoms with van der Waals surface area (Å²) >= 11 is 0. The molecule has 0 atom stereocenters. The number of benzene rings is 1. The second-order valence-corrected chi connectivity index (χ2v) is 8.31. The Morgan fingerprint density at radius 2 is 1.61 bits per heavy atom. The third-order valence-electron chi connectivity index (χ3n) is 5.61. The number of hydrogen-bond acceptors (Lipinski definition) is 2. The van der Waals surface area contributed by atoms with Crippen LogP contribution in [0.1, 0.15) is 69.7 Å². The van der Waals surface area contributed by atoms with Crippen LogP contribution in [0.15, 0.2) is 42.6 Å². The number of hydrogen-bond donors (Lipinski definition) is 0. The number of aryl methyl sites for hydroxylation is 1. The van der Waals surface area contributed by atoms with E-state index in [1.54, 1.807) is 4.90 Å². The van der Waals surface area contributed by atoms with Gasteiger partial charge >= 0.3 is 0 Å². The van der Waals surface area contributed by atoms with Crippen LogP contribution in [0.2, 0.25) is 0 Å². The van der Waals surface area contributed by atoms with Crippen molar-refractivity contribution >= 4 is 11.8 Å². The molecule has 5 heteroatoms. The fraction of sp³-hybridized carbons (Fsp3) is 0.538. The van der Waals surface area contributed by atoms with Crippen molar-refractivity contribution in [3.05, 3.63) is 59.4 Å². The summed E-state index contributed by atoms with van der Waals surface area (Å²) in [5.41, 5.74) is 3.62. The Bertz CT molecular complexity index is 828. The Kier molecular flexibility index (Phi) is 10.3. The largest absolute Gasteiger partial charge is 0.345 e. The van der Waals surface area contributed by atoms with E-state index < -0.39 is 0 Å². The van der Waals surface area contributed by atoms with Gasteiger partial charge in [0.15, 0.2) is 0 Å². The predicted molar refractivity (Wildman–Crippen MR) is 127 cm³/mol. The number of aromatic nitrogens is 1. The van der Waals surface area contributed by atoms with Crippen LogP contribution >= 0.6 is 0 Å². The minimum absolute atomic E-state index is 0.0367. The molecule has 1 heterocycles. The highest BCUT2D eigenvalue weighted by molar-refractivity contribution is 5.84. The lowest BCUT2D eigenvalue weighted by atomic mass is 10.1. The molecule has 0 spiro atoms. The molecule has 1 aromatic carbocycles. The molecule has 0 aliphatic heterocycles. The molecular weight excluding hydrogens is 386 g/mol. The van der Waals surface area contributed by atoms with Gasteiger partial charge in [-0.3, -0.25) is 9.59 Å². The third kappa shape index (κ3) is 7.89. The van der Waals surface area contributed by atoms with Gasteiger partial charge in [0.25, 0.3) is 0 Å². The van der Waals surface area contributed by atoms with Crippen molar-refractivity contribution in [2.75, 3.05) is 19.6 Å². The minimum Gasteiger partial charge on any atom is -0.345 e. The number of unbranched alkanes of at least 4 members (excludes halogenated alkanes) is 2. The van der Waals surface area contributed by atoms with E-state index in [9.17, 15) is 9.59 Å². The summed E-state index contributed by atoms with van der Waals surface area (Å²) < 4.78 is 2.22. The fourth-order valence-corrected chi connectivity index (χ4v) is 3.72. The van der Waals surface area contributed by atoms with Gasteiger partial charge in [-0.05, 0) is 37.5 Å². The van der Waals surface area contributed by atoms with Gasteiger partial charge in [-0.25, -0.2) is 0 Å². The normalized spacial score (nSPS) is 10.8. The van der Waals surface area contributed by atoms with Crippen LogP contribution < -0.4 is 0 Å². The van der Waals surface area contributed by atoms with Crippen molar-refractivity contribution in [2.24, 2.45) is 0 Å². The number of nitrogens with zero attached hydrogens (tertiary/aromatic N) is 3. The standard InChI is InChI=1S/C26H39N3O2/c1-5-8-15-28(26(31)21-29(16-9-6-2)25(30)7-3)20-24-14-11-17-27(24)19-23-13-10-12-22(4)18-23/h10-14,17-18H,5-9,15-16,19-21H2,1-4H3. The van der Waals surface area contributed by atoms with Crippen molar-refractivity contribution in [2.45, 2.75) is 72.9 Å². The lowest BCUT2D eigenvalue weighted by Gasteiger charge is -2.28. The SMILES string of the molecule is CCCCN(CC(=O)N(CCCC)Cc1cccn1Cc1cccc(C)c1)C(=O)CC. The summed E-state index contributed by atoms with van der Waals surface area (Å²) in [5.74, 6) is 0.0923. The summed E-state index contributed by atoms with van der Waals surface area (Å²) in [6.07, 6.45) is 6.43. The molecule has 2 amide bonds. The fourth-order valence-electron chi connectivity index (χ4n) is 3.72. The van der Waals surface area contributed by atoms with Gasteiger partial charge in [0.2, 0.25) is 11.8 Å². The lowest BCUT2D eigenvalue weighted by molar-refractivity contribution is -0.140. The quantitative estimate of drug-likeness (QED) is 0.453. The molecule has 0 unspecified atom stereocenters. The Balaban J connectivity index is 2.13. The van der Waals surface area contributed by atoms with Gasteiger partial charge in [0.05, 0.1) is 13.1 Å². The highest BCUT2D eigenvalue weighted by Crippen LogP contribution is 2.13. The molecule has 0 aliphatic carbocycles. The van der Waals surface area contributed by atoms with E-state index >= 15 is 0 Å². The second-order valence-electron chi connectivity index (χ2n) is 8.31. The zero-order chi connectivity index (χ0) is 22.6. The first-order chi connectivity index (χ1) is 15.0. The van der Waals surface area contributed by atoms with Crippen LogP contribution in [0, 0.1) is 6.92 Å². The van der Waals surface area contributed by atoms with Crippen LogP contribution in [0.3, 0.4) is 0 Å². The van der Waals surface area contributed by atoms with Gasteiger partial charge in [-0.15, -0.1) is 0 Å². The van der Waals surface area contributed by atoms with E-state index in [1.165, 1.54) is 11.1 Å². The summed E-state index contributed by atoms with van der Waals surface area (Å²) in [5, 5.41) is 0. The topological polar surface area (TPSA) is 45.6 Å². The van der Waals surface area contributed by atoms with E-state index in [1.807, 2.05) is 17.9 Å². The maximum absolute atomic E-state index is 13.2. The molecule has 0 saturated carbocycles. The van der Waals surface area contributed by atoms with Crippen LogP contribution in [-0.2, 0) is 22.7 Å². The molecule has 0 saturated heterocycles. The number of carbonyl (C=O) groups is 2. The van der Waals surface area contributed by atoms with E-state index in [4.69, 9.17) is 0 Å². The molecule has 0 bridgehead atoms. The summed E-state index contributed by atoms with van der Waals surface area (Å²) in [7, 11) is 0. The maximum Gasteiger partial charge on any atom is 0.242 e. The summed E-state index contributed by atoms with van der Waals surface area (Å²) in [6, 6.07) is 12.7. The minimum atomic E-state index is 0.0367. The van der Waals surface area contributed by atoms with Crippen LogP contribution in [0.5, 0.6) is 0 Å². The van der Waals surface area contributed by atoms with E-state index in [2.05, 4.69) is 61.9 Å². The summed E-state index contributed by atoms with van der Waals surface area (Å²) in [6.45, 7) is 11.1. The number of rotatable bonds is 13. The first-order valence-corrected chi connectivity index (χ1v) is 11.7. The molecule has 2 aromatic rings.